The van der Waals surface area contributed by atoms with Gasteiger partial charge >= 0.3 is 5.97 Å². The van der Waals surface area contributed by atoms with Crippen molar-refractivity contribution < 1.29 is 14.4 Å². The number of allylic oxidation sites excluding steroid dienone is 1. The second-order valence-electron chi connectivity index (χ2n) is 9.40. The molecule has 0 aromatic heterocycles. The van der Waals surface area contributed by atoms with Crippen molar-refractivity contribution in [2.45, 2.75) is 71.6 Å². The maximum atomic E-state index is 12.8. The molecule has 182 valence electrons. The molecule has 0 N–H and O–H groups in total. The highest BCUT2D eigenvalue weighted by Crippen LogP contribution is 2.24. The van der Waals surface area contributed by atoms with E-state index in [1.807, 2.05) is 36.4 Å². The lowest BCUT2D eigenvalue weighted by atomic mass is 9.91. The Bertz CT molecular complexity index is 944. The largest absolute Gasteiger partial charge is 0.454 e. The van der Waals surface area contributed by atoms with Gasteiger partial charge in [-0.2, -0.15) is 0 Å². The Morgan fingerprint density at radius 3 is 2.21 bits per heavy atom. The number of hydrogen-bond donors (Lipinski definition) is 0. The van der Waals surface area contributed by atoms with E-state index in [0.29, 0.717) is 24.2 Å². The van der Waals surface area contributed by atoms with Crippen molar-refractivity contribution in [1.29, 1.82) is 0 Å². The molecule has 1 saturated carbocycles. The van der Waals surface area contributed by atoms with Gasteiger partial charge in [-0.05, 0) is 82.7 Å². The number of esters is 1. The molecular weight excluding hydrogens is 424 g/mol. The number of carbonyl (C=O) groups excluding carboxylic acids is 1. The number of rotatable bonds is 10. The number of hydrogen-bond acceptors (Lipinski definition) is 5. The Kier molecular flexibility index (Phi) is 9.89. The van der Waals surface area contributed by atoms with Gasteiger partial charge in [0.1, 0.15) is 0 Å². The van der Waals surface area contributed by atoms with E-state index in [1.54, 1.807) is 12.1 Å². The molecule has 3 rings (SSSR count). The summed E-state index contributed by atoms with van der Waals surface area (Å²) in [5.74, 6) is -0.336. The van der Waals surface area contributed by atoms with Gasteiger partial charge in [0.15, 0.2) is 12.7 Å². The van der Waals surface area contributed by atoms with Crippen LogP contribution in [0.1, 0.15) is 69.3 Å². The van der Waals surface area contributed by atoms with Gasteiger partial charge in [-0.15, -0.1) is 0 Å². The average molecular weight is 463 g/mol. The summed E-state index contributed by atoms with van der Waals surface area (Å²) in [6.07, 6.45) is 5.94. The maximum Gasteiger partial charge on any atom is 0.338 e. The van der Waals surface area contributed by atoms with Crippen LogP contribution in [-0.4, -0.2) is 47.9 Å². The van der Waals surface area contributed by atoms with Crippen LogP contribution in [0, 0.1) is 0 Å². The van der Waals surface area contributed by atoms with Crippen LogP contribution in [0.4, 0.5) is 0 Å². The van der Waals surface area contributed by atoms with Crippen molar-refractivity contribution in [2.24, 2.45) is 5.16 Å². The Hall–Kier alpha value is -2.92. The summed E-state index contributed by atoms with van der Waals surface area (Å²) in [4.78, 5) is 20.9. The van der Waals surface area contributed by atoms with Crippen molar-refractivity contribution in [1.82, 2.24) is 4.90 Å². The lowest BCUT2D eigenvalue weighted by Gasteiger charge is -2.33. The van der Waals surface area contributed by atoms with Crippen LogP contribution in [-0.2, 0) is 9.57 Å². The number of oxime groups is 1. The average Bonchev–Trinajstić information content (AvgIpc) is 2.84. The lowest BCUT2D eigenvalue weighted by Crippen LogP contribution is -2.44. The van der Waals surface area contributed by atoms with Crippen molar-refractivity contribution in [3.05, 3.63) is 77.4 Å². The lowest BCUT2D eigenvalue weighted by molar-refractivity contribution is -0.0230. The summed E-state index contributed by atoms with van der Waals surface area (Å²) in [6.45, 7) is 9.42. The Labute approximate surface area is 204 Å². The van der Waals surface area contributed by atoms with E-state index in [-0.39, 0.29) is 12.6 Å². The highest BCUT2D eigenvalue weighted by Gasteiger charge is 2.24. The zero-order chi connectivity index (χ0) is 24.3. The predicted octanol–water partition coefficient (Wildman–Crippen LogP) is 6.36. The van der Waals surface area contributed by atoms with Crippen LogP contribution in [0.5, 0.6) is 0 Å². The first-order valence-electron chi connectivity index (χ1n) is 12.4. The summed E-state index contributed by atoms with van der Waals surface area (Å²) in [5, 5.41) is 4.52. The third-order valence-corrected chi connectivity index (χ3v) is 6.08. The molecule has 2 aromatic carbocycles. The number of ether oxygens (including phenoxy) is 1. The molecule has 0 saturated heterocycles. The van der Waals surface area contributed by atoms with Crippen molar-refractivity contribution in [3.8, 4) is 0 Å². The van der Waals surface area contributed by atoms with Gasteiger partial charge in [0, 0.05) is 18.6 Å². The van der Waals surface area contributed by atoms with Gasteiger partial charge in [-0.3, -0.25) is 4.90 Å². The molecule has 0 aliphatic heterocycles. The number of nitrogens with zero attached hydrogens (tertiary/aromatic N) is 2. The zero-order valence-electron chi connectivity index (χ0n) is 20.9. The second kappa shape index (κ2) is 13.1. The predicted molar refractivity (Wildman–Crippen MR) is 139 cm³/mol. The number of carbonyl (C=O) groups is 1. The minimum Gasteiger partial charge on any atom is -0.454 e. The fourth-order valence-electron chi connectivity index (χ4n) is 4.29. The van der Waals surface area contributed by atoms with Crippen LogP contribution in [0.2, 0.25) is 0 Å². The van der Waals surface area contributed by atoms with Gasteiger partial charge in [-0.25, -0.2) is 4.79 Å². The molecular formula is C29H38N2O3. The van der Waals surface area contributed by atoms with E-state index >= 15 is 0 Å². The third kappa shape index (κ3) is 7.84. The van der Waals surface area contributed by atoms with Crippen molar-refractivity contribution in [2.75, 3.05) is 13.2 Å². The summed E-state index contributed by atoms with van der Waals surface area (Å²) in [7, 11) is 0. The first-order chi connectivity index (χ1) is 16.4. The smallest absolute Gasteiger partial charge is 0.338 e. The third-order valence-electron chi connectivity index (χ3n) is 6.08. The monoisotopic (exact) mass is 462 g/mol. The molecule has 5 heteroatoms. The molecule has 1 atom stereocenters. The Balaban J connectivity index is 1.72. The zero-order valence-corrected chi connectivity index (χ0v) is 20.9. The topological polar surface area (TPSA) is 51.1 Å². The summed E-state index contributed by atoms with van der Waals surface area (Å²) in [5.41, 5.74) is 3.93. The second-order valence-corrected chi connectivity index (χ2v) is 9.40. The molecule has 0 spiro atoms. The molecule has 0 radical (unpaired) electrons. The molecule has 1 unspecified atom stereocenters. The summed E-state index contributed by atoms with van der Waals surface area (Å²) < 4.78 is 5.89. The van der Waals surface area contributed by atoms with E-state index in [9.17, 15) is 4.79 Å². The van der Waals surface area contributed by atoms with Gasteiger partial charge in [0.25, 0.3) is 0 Å². The van der Waals surface area contributed by atoms with Crippen molar-refractivity contribution in [3.63, 3.8) is 0 Å². The number of benzene rings is 2. The molecule has 2 aromatic rings. The molecule has 5 nitrogen and oxygen atoms in total. The molecule has 1 aliphatic rings. The molecule has 1 fully saturated rings. The Morgan fingerprint density at radius 2 is 1.56 bits per heavy atom. The van der Waals surface area contributed by atoms with E-state index in [1.165, 1.54) is 11.1 Å². The quantitative estimate of drug-likeness (QED) is 0.304. The van der Waals surface area contributed by atoms with Crippen molar-refractivity contribution >= 4 is 17.8 Å². The summed E-state index contributed by atoms with van der Waals surface area (Å²) in [6, 6.07) is 20.1. The fourth-order valence-corrected chi connectivity index (χ4v) is 4.29. The normalized spacial score (nSPS) is 17.5. The van der Waals surface area contributed by atoms with Crippen LogP contribution in [0.3, 0.4) is 0 Å². The first kappa shape index (κ1) is 25.7. The maximum absolute atomic E-state index is 12.8. The highest BCUT2D eigenvalue weighted by molar-refractivity contribution is 6.04. The van der Waals surface area contributed by atoms with E-state index in [0.717, 1.165) is 31.4 Å². The van der Waals surface area contributed by atoms with Gasteiger partial charge < -0.3 is 9.57 Å². The highest BCUT2D eigenvalue weighted by atomic mass is 16.6. The molecule has 34 heavy (non-hydrogen) atoms. The molecule has 0 amide bonds. The minimum absolute atomic E-state index is 0.219. The standard InChI is InChI=1S/C29H38N2O3/c1-22(2)31(23(3)4)20-27(34-29(32)25-15-9-6-10-16-25)21-33-30-28-18-12-11-17-26(28)19-24-13-7-5-8-14-24/h5-10,13-16,19,22-23,27H,11-12,17-18,20-21H2,1-4H3/b26-19+,30-28+. The SMILES string of the molecule is CC(C)N(CC(CO/N=C1\CCCC\C1=C/c1ccccc1)OC(=O)c1ccccc1)C(C)C. The van der Waals surface area contributed by atoms with Crippen LogP contribution >= 0.6 is 0 Å². The molecule has 0 heterocycles. The fraction of sp³-hybridized carbons (Fsp3) is 0.448. The minimum atomic E-state index is -0.424. The van der Waals surface area contributed by atoms with E-state index in [2.05, 4.69) is 56.0 Å². The molecule has 1 aliphatic carbocycles. The van der Waals surface area contributed by atoms with E-state index < -0.39 is 6.10 Å². The van der Waals surface area contributed by atoms with Gasteiger partial charge in [-0.1, -0.05) is 53.7 Å². The molecule has 0 bridgehead atoms. The van der Waals surface area contributed by atoms with E-state index in [4.69, 9.17) is 9.57 Å². The van der Waals surface area contributed by atoms with Crippen LogP contribution in [0.25, 0.3) is 6.08 Å². The van der Waals surface area contributed by atoms with Crippen LogP contribution < -0.4 is 0 Å². The first-order valence-corrected chi connectivity index (χ1v) is 12.4. The van der Waals surface area contributed by atoms with Crippen LogP contribution in [0.15, 0.2) is 71.4 Å². The van der Waals surface area contributed by atoms with Gasteiger partial charge in [0.05, 0.1) is 11.3 Å². The van der Waals surface area contributed by atoms with Gasteiger partial charge in [0.2, 0.25) is 0 Å². The summed E-state index contributed by atoms with van der Waals surface area (Å²) >= 11 is 0. The Morgan fingerprint density at radius 1 is 0.941 bits per heavy atom.